The van der Waals surface area contributed by atoms with Crippen molar-refractivity contribution in [2.45, 2.75) is 25.5 Å². The van der Waals surface area contributed by atoms with Gasteiger partial charge in [0.05, 0.1) is 12.6 Å². The molecule has 0 aliphatic carbocycles. The van der Waals surface area contributed by atoms with E-state index in [1.807, 2.05) is 22.4 Å². The molecule has 25 heavy (non-hydrogen) atoms. The average Bonchev–Trinajstić information content (AvgIpc) is 3.19. The number of thiophene rings is 1. The first-order valence-corrected chi connectivity index (χ1v) is 9.09. The van der Waals surface area contributed by atoms with Gasteiger partial charge in [-0.2, -0.15) is 0 Å². The van der Waals surface area contributed by atoms with Crippen LogP contribution in [0.3, 0.4) is 0 Å². The first-order chi connectivity index (χ1) is 12.1. The number of halogens is 2. The molecule has 4 nitrogen and oxygen atoms in total. The number of nitrogens with zero attached hydrogens (tertiary/aromatic N) is 1. The highest BCUT2D eigenvalue weighted by Gasteiger charge is 2.21. The van der Waals surface area contributed by atoms with E-state index in [9.17, 15) is 13.6 Å². The summed E-state index contributed by atoms with van der Waals surface area (Å²) in [6.45, 7) is 2.19. The Morgan fingerprint density at radius 1 is 1.32 bits per heavy atom. The van der Waals surface area contributed by atoms with Crippen molar-refractivity contribution in [3.8, 4) is 0 Å². The maximum atomic E-state index is 13.2. The van der Waals surface area contributed by atoms with E-state index in [-0.39, 0.29) is 24.2 Å². The van der Waals surface area contributed by atoms with Crippen LogP contribution in [0.5, 0.6) is 0 Å². The standard InChI is InChI=1S/C18H20F2N2O2S/c19-13-7-14(20)9-15(8-13)21-18(23)12-22(10-16-3-1-5-24-16)11-17-4-2-6-25-17/h2,4,6-9,16H,1,3,5,10-12H2,(H,21,23)/t16-/m0/s1. The third-order valence-electron chi connectivity index (χ3n) is 3.96. The third-order valence-corrected chi connectivity index (χ3v) is 4.82. The molecule has 1 aromatic carbocycles. The van der Waals surface area contributed by atoms with Crippen LogP contribution in [-0.4, -0.2) is 36.6 Å². The van der Waals surface area contributed by atoms with Crippen molar-refractivity contribution in [3.63, 3.8) is 0 Å². The van der Waals surface area contributed by atoms with Gasteiger partial charge in [0.15, 0.2) is 0 Å². The summed E-state index contributed by atoms with van der Waals surface area (Å²) in [5, 5.41) is 4.56. The monoisotopic (exact) mass is 366 g/mol. The van der Waals surface area contributed by atoms with Crippen LogP contribution in [0.1, 0.15) is 17.7 Å². The second kappa shape index (κ2) is 8.51. The smallest absolute Gasteiger partial charge is 0.238 e. The fourth-order valence-electron chi connectivity index (χ4n) is 2.91. The molecular weight excluding hydrogens is 346 g/mol. The molecule has 0 unspecified atom stereocenters. The van der Waals surface area contributed by atoms with E-state index in [1.54, 1.807) is 11.3 Å². The summed E-state index contributed by atoms with van der Waals surface area (Å²) in [7, 11) is 0. The lowest BCUT2D eigenvalue weighted by molar-refractivity contribution is -0.117. The van der Waals surface area contributed by atoms with E-state index < -0.39 is 11.6 Å². The minimum atomic E-state index is -0.718. The summed E-state index contributed by atoms with van der Waals surface area (Å²) in [6.07, 6.45) is 2.14. The number of carbonyl (C=O) groups excluding carboxylic acids is 1. The molecule has 0 saturated carbocycles. The van der Waals surface area contributed by atoms with Crippen LogP contribution < -0.4 is 5.32 Å². The second-order valence-electron chi connectivity index (χ2n) is 6.09. The third kappa shape index (κ3) is 5.59. The number of carbonyl (C=O) groups is 1. The molecule has 134 valence electrons. The highest BCUT2D eigenvalue weighted by molar-refractivity contribution is 7.09. The largest absolute Gasteiger partial charge is 0.377 e. The van der Waals surface area contributed by atoms with Crippen molar-refractivity contribution >= 4 is 22.9 Å². The molecule has 1 aliphatic rings. The van der Waals surface area contributed by atoms with Gasteiger partial charge in [-0.25, -0.2) is 8.78 Å². The van der Waals surface area contributed by atoms with Crippen LogP contribution in [0.4, 0.5) is 14.5 Å². The molecule has 2 heterocycles. The fraction of sp³-hybridized carbons (Fsp3) is 0.389. The Morgan fingerprint density at radius 2 is 2.12 bits per heavy atom. The van der Waals surface area contributed by atoms with Gasteiger partial charge in [-0.15, -0.1) is 11.3 Å². The summed E-state index contributed by atoms with van der Waals surface area (Å²) < 4.78 is 32.2. The Labute approximate surface area is 149 Å². The SMILES string of the molecule is O=C(CN(Cc1cccs1)C[C@@H]1CCCO1)Nc1cc(F)cc(F)c1. The zero-order valence-corrected chi connectivity index (χ0v) is 14.5. The Morgan fingerprint density at radius 3 is 2.76 bits per heavy atom. The Kier molecular flexibility index (Phi) is 6.12. The minimum Gasteiger partial charge on any atom is -0.377 e. The molecule has 3 rings (SSSR count). The van der Waals surface area contributed by atoms with Crippen molar-refractivity contribution in [1.82, 2.24) is 4.90 Å². The van der Waals surface area contributed by atoms with E-state index in [0.717, 1.165) is 42.5 Å². The fourth-order valence-corrected chi connectivity index (χ4v) is 3.66. The van der Waals surface area contributed by atoms with Crippen LogP contribution in [0.2, 0.25) is 0 Å². The molecule has 1 amide bonds. The van der Waals surface area contributed by atoms with Gasteiger partial charge in [0, 0.05) is 36.3 Å². The highest BCUT2D eigenvalue weighted by Crippen LogP contribution is 2.18. The van der Waals surface area contributed by atoms with Crippen molar-refractivity contribution in [2.75, 3.05) is 25.0 Å². The van der Waals surface area contributed by atoms with Gasteiger partial charge in [0.25, 0.3) is 0 Å². The number of nitrogens with one attached hydrogen (secondary N) is 1. The predicted octanol–water partition coefficient (Wildman–Crippen LogP) is 3.65. The summed E-state index contributed by atoms with van der Waals surface area (Å²) in [4.78, 5) is 15.5. The zero-order chi connectivity index (χ0) is 17.6. The summed E-state index contributed by atoms with van der Waals surface area (Å²) in [6, 6.07) is 6.97. The van der Waals surface area contributed by atoms with Gasteiger partial charge >= 0.3 is 0 Å². The summed E-state index contributed by atoms with van der Waals surface area (Å²) in [5.41, 5.74) is 0.121. The summed E-state index contributed by atoms with van der Waals surface area (Å²) in [5.74, 6) is -1.74. The van der Waals surface area contributed by atoms with Crippen LogP contribution >= 0.6 is 11.3 Å². The molecule has 0 spiro atoms. The Hall–Kier alpha value is -1.83. The molecule has 1 N–H and O–H groups in total. The van der Waals surface area contributed by atoms with Gasteiger partial charge in [0.1, 0.15) is 11.6 Å². The van der Waals surface area contributed by atoms with Crippen molar-refractivity contribution < 1.29 is 18.3 Å². The second-order valence-corrected chi connectivity index (χ2v) is 7.12. The number of benzene rings is 1. The van der Waals surface area contributed by atoms with Gasteiger partial charge in [-0.3, -0.25) is 9.69 Å². The van der Waals surface area contributed by atoms with Gasteiger partial charge in [0.2, 0.25) is 5.91 Å². The van der Waals surface area contributed by atoms with Gasteiger partial charge in [-0.1, -0.05) is 6.07 Å². The van der Waals surface area contributed by atoms with Crippen molar-refractivity contribution in [2.24, 2.45) is 0 Å². The van der Waals surface area contributed by atoms with Crippen LogP contribution in [0.15, 0.2) is 35.7 Å². The normalized spacial score (nSPS) is 17.2. The molecule has 0 radical (unpaired) electrons. The molecule has 1 aromatic heterocycles. The quantitative estimate of drug-likeness (QED) is 0.813. The summed E-state index contributed by atoms with van der Waals surface area (Å²) >= 11 is 1.63. The molecule has 1 fully saturated rings. The Bertz CT molecular complexity index is 683. The van der Waals surface area contributed by atoms with Gasteiger partial charge < -0.3 is 10.1 Å². The highest BCUT2D eigenvalue weighted by atomic mass is 32.1. The lowest BCUT2D eigenvalue weighted by Crippen LogP contribution is -2.37. The number of rotatable bonds is 7. The van der Waals surface area contributed by atoms with Crippen molar-refractivity contribution in [3.05, 3.63) is 52.2 Å². The molecule has 1 atom stereocenters. The van der Waals surface area contributed by atoms with Crippen LogP contribution in [0, 0.1) is 11.6 Å². The lowest BCUT2D eigenvalue weighted by Gasteiger charge is -2.24. The molecule has 7 heteroatoms. The Balaban J connectivity index is 1.62. The lowest BCUT2D eigenvalue weighted by atomic mass is 10.2. The van der Waals surface area contributed by atoms with E-state index >= 15 is 0 Å². The molecule has 0 bridgehead atoms. The van der Waals surface area contributed by atoms with E-state index in [0.29, 0.717) is 13.1 Å². The van der Waals surface area contributed by atoms with E-state index in [4.69, 9.17) is 4.74 Å². The first-order valence-electron chi connectivity index (χ1n) is 8.21. The first kappa shape index (κ1) is 18.0. The topological polar surface area (TPSA) is 41.6 Å². The van der Waals surface area contributed by atoms with Crippen LogP contribution in [-0.2, 0) is 16.1 Å². The molecular formula is C18H20F2N2O2S. The predicted molar refractivity (Wildman–Crippen MR) is 93.6 cm³/mol. The van der Waals surface area contributed by atoms with Crippen LogP contribution in [0.25, 0.3) is 0 Å². The molecule has 1 saturated heterocycles. The minimum absolute atomic E-state index is 0.121. The number of ether oxygens (including phenoxy) is 1. The maximum Gasteiger partial charge on any atom is 0.238 e. The molecule has 2 aromatic rings. The average molecular weight is 366 g/mol. The van der Waals surface area contributed by atoms with E-state index in [2.05, 4.69) is 5.32 Å². The number of amides is 1. The number of hydrogen-bond donors (Lipinski definition) is 1. The van der Waals surface area contributed by atoms with E-state index in [1.165, 1.54) is 0 Å². The maximum absolute atomic E-state index is 13.2. The number of hydrogen-bond acceptors (Lipinski definition) is 4. The van der Waals surface area contributed by atoms with Gasteiger partial charge in [-0.05, 0) is 36.4 Å². The number of anilines is 1. The van der Waals surface area contributed by atoms with Crippen molar-refractivity contribution in [1.29, 1.82) is 0 Å². The molecule has 1 aliphatic heterocycles. The zero-order valence-electron chi connectivity index (χ0n) is 13.7.